The van der Waals surface area contributed by atoms with Crippen molar-refractivity contribution in [2.45, 2.75) is 39.0 Å². The van der Waals surface area contributed by atoms with Crippen molar-refractivity contribution >= 4 is 5.97 Å². The number of methoxy groups -OCH3 is 1. The monoisotopic (exact) mass is 263 g/mol. The van der Waals surface area contributed by atoms with E-state index in [9.17, 15) is 4.79 Å². The van der Waals surface area contributed by atoms with Crippen LogP contribution in [0.5, 0.6) is 0 Å². The van der Waals surface area contributed by atoms with E-state index >= 15 is 0 Å². The standard InChI is InChI=1S/C15H21NO3/c1-10(6-15(17)18-2)5-14(16)11-3-4-12-8-19-9-13(12)7-11/h3-4,7,10,14H,5-6,8-9,16H2,1-2H3. The summed E-state index contributed by atoms with van der Waals surface area (Å²) in [5.74, 6) is 0.0361. The van der Waals surface area contributed by atoms with E-state index < -0.39 is 0 Å². The van der Waals surface area contributed by atoms with Gasteiger partial charge >= 0.3 is 5.97 Å². The highest BCUT2D eigenvalue weighted by molar-refractivity contribution is 5.69. The van der Waals surface area contributed by atoms with Gasteiger partial charge in [-0.2, -0.15) is 0 Å². The van der Waals surface area contributed by atoms with Gasteiger partial charge in [0, 0.05) is 12.5 Å². The van der Waals surface area contributed by atoms with Gasteiger partial charge in [-0.05, 0) is 29.0 Å². The lowest BCUT2D eigenvalue weighted by Gasteiger charge is -2.17. The molecule has 0 aromatic heterocycles. The maximum Gasteiger partial charge on any atom is 0.305 e. The number of carbonyl (C=O) groups is 1. The Labute approximate surface area is 113 Å². The van der Waals surface area contributed by atoms with Crippen LogP contribution >= 0.6 is 0 Å². The van der Waals surface area contributed by atoms with Gasteiger partial charge in [0.25, 0.3) is 0 Å². The van der Waals surface area contributed by atoms with Crippen LogP contribution in [0.15, 0.2) is 18.2 Å². The number of benzene rings is 1. The second-order valence-corrected chi connectivity index (χ2v) is 5.25. The molecule has 1 aliphatic rings. The van der Waals surface area contributed by atoms with Crippen molar-refractivity contribution in [3.05, 3.63) is 34.9 Å². The molecule has 0 fully saturated rings. The van der Waals surface area contributed by atoms with E-state index in [4.69, 9.17) is 10.5 Å². The van der Waals surface area contributed by atoms with Crippen LogP contribution < -0.4 is 5.73 Å². The lowest BCUT2D eigenvalue weighted by molar-refractivity contribution is -0.141. The molecule has 0 bridgehead atoms. The molecule has 0 saturated heterocycles. The van der Waals surface area contributed by atoms with Crippen molar-refractivity contribution in [3.8, 4) is 0 Å². The van der Waals surface area contributed by atoms with Gasteiger partial charge in [-0.25, -0.2) is 0 Å². The Bertz CT molecular complexity index is 459. The Morgan fingerprint density at radius 1 is 1.42 bits per heavy atom. The van der Waals surface area contributed by atoms with Gasteiger partial charge in [0.2, 0.25) is 0 Å². The van der Waals surface area contributed by atoms with Crippen LogP contribution in [-0.4, -0.2) is 13.1 Å². The molecule has 4 nitrogen and oxygen atoms in total. The first kappa shape index (κ1) is 14.0. The molecule has 2 unspecified atom stereocenters. The predicted molar refractivity (Wildman–Crippen MR) is 72.3 cm³/mol. The van der Waals surface area contributed by atoms with E-state index in [1.165, 1.54) is 18.2 Å². The number of carbonyl (C=O) groups excluding carboxylic acids is 1. The number of hydrogen-bond acceptors (Lipinski definition) is 4. The van der Waals surface area contributed by atoms with Gasteiger partial charge in [-0.1, -0.05) is 25.1 Å². The van der Waals surface area contributed by atoms with Crippen LogP contribution in [0.3, 0.4) is 0 Å². The number of ether oxygens (including phenoxy) is 2. The van der Waals surface area contributed by atoms with Crippen LogP contribution in [0.25, 0.3) is 0 Å². The first-order chi connectivity index (χ1) is 9.10. The molecule has 1 aliphatic heterocycles. The molecule has 104 valence electrons. The minimum Gasteiger partial charge on any atom is -0.469 e. The van der Waals surface area contributed by atoms with Gasteiger partial charge in [0.05, 0.1) is 20.3 Å². The third kappa shape index (κ3) is 3.55. The van der Waals surface area contributed by atoms with E-state index in [1.807, 2.05) is 6.92 Å². The topological polar surface area (TPSA) is 61.5 Å². The quantitative estimate of drug-likeness (QED) is 0.828. The predicted octanol–water partition coefficient (Wildman–Crippen LogP) is 2.31. The zero-order valence-corrected chi connectivity index (χ0v) is 11.5. The molecule has 1 heterocycles. The Balaban J connectivity index is 1.96. The summed E-state index contributed by atoms with van der Waals surface area (Å²) in [6.07, 6.45) is 1.19. The second-order valence-electron chi connectivity index (χ2n) is 5.25. The summed E-state index contributed by atoms with van der Waals surface area (Å²) < 4.78 is 10.1. The molecule has 0 aliphatic carbocycles. The largest absolute Gasteiger partial charge is 0.469 e. The fourth-order valence-corrected chi connectivity index (χ4v) is 2.44. The summed E-state index contributed by atoms with van der Waals surface area (Å²) in [4.78, 5) is 11.2. The molecule has 0 saturated carbocycles. The highest BCUT2D eigenvalue weighted by Gasteiger charge is 2.17. The number of fused-ring (bicyclic) bond motifs is 1. The molecule has 19 heavy (non-hydrogen) atoms. The van der Waals surface area contributed by atoms with E-state index in [0.29, 0.717) is 19.6 Å². The van der Waals surface area contributed by atoms with Crippen molar-refractivity contribution in [1.29, 1.82) is 0 Å². The first-order valence-corrected chi connectivity index (χ1v) is 6.62. The van der Waals surface area contributed by atoms with E-state index in [0.717, 1.165) is 12.0 Å². The molecular formula is C15H21NO3. The maximum absolute atomic E-state index is 11.2. The van der Waals surface area contributed by atoms with Crippen molar-refractivity contribution in [2.75, 3.05) is 7.11 Å². The minimum absolute atomic E-state index is 0.0504. The molecular weight excluding hydrogens is 242 g/mol. The lowest BCUT2D eigenvalue weighted by atomic mass is 9.93. The minimum atomic E-state index is -0.179. The third-order valence-corrected chi connectivity index (χ3v) is 3.57. The zero-order valence-electron chi connectivity index (χ0n) is 11.5. The van der Waals surface area contributed by atoms with Gasteiger partial charge < -0.3 is 15.2 Å². The molecule has 0 amide bonds. The van der Waals surface area contributed by atoms with E-state index in [2.05, 4.69) is 22.9 Å². The summed E-state index contributed by atoms with van der Waals surface area (Å²) in [7, 11) is 1.41. The maximum atomic E-state index is 11.2. The van der Waals surface area contributed by atoms with Gasteiger partial charge in [0.1, 0.15) is 0 Å². The molecule has 1 aromatic rings. The van der Waals surface area contributed by atoms with Crippen molar-refractivity contribution in [2.24, 2.45) is 11.7 Å². The summed E-state index contributed by atoms with van der Waals surface area (Å²) in [5, 5.41) is 0. The summed E-state index contributed by atoms with van der Waals surface area (Å²) in [6, 6.07) is 6.22. The Morgan fingerprint density at radius 2 is 2.16 bits per heavy atom. The highest BCUT2D eigenvalue weighted by atomic mass is 16.5. The Kier molecular flexibility index (Phi) is 4.56. The van der Waals surface area contributed by atoms with Crippen LogP contribution in [0.4, 0.5) is 0 Å². The van der Waals surface area contributed by atoms with Crippen molar-refractivity contribution < 1.29 is 14.3 Å². The molecule has 0 spiro atoms. The van der Waals surface area contributed by atoms with E-state index in [-0.39, 0.29) is 17.9 Å². The molecule has 2 N–H and O–H groups in total. The summed E-state index contributed by atoms with van der Waals surface area (Å²) in [5.41, 5.74) is 9.81. The second kappa shape index (κ2) is 6.17. The highest BCUT2D eigenvalue weighted by Crippen LogP contribution is 2.26. The number of rotatable bonds is 5. The summed E-state index contributed by atoms with van der Waals surface area (Å²) in [6.45, 7) is 3.39. The Morgan fingerprint density at radius 3 is 2.89 bits per heavy atom. The molecule has 2 rings (SSSR count). The SMILES string of the molecule is COC(=O)CC(C)CC(N)c1ccc2c(c1)COC2. The number of nitrogens with two attached hydrogens (primary N) is 1. The van der Waals surface area contributed by atoms with Crippen molar-refractivity contribution in [1.82, 2.24) is 0 Å². The van der Waals surface area contributed by atoms with Crippen molar-refractivity contribution in [3.63, 3.8) is 0 Å². The van der Waals surface area contributed by atoms with Gasteiger partial charge in [-0.15, -0.1) is 0 Å². The fourth-order valence-electron chi connectivity index (χ4n) is 2.44. The smallest absolute Gasteiger partial charge is 0.305 e. The average Bonchev–Trinajstić information content (AvgIpc) is 2.85. The molecule has 0 radical (unpaired) electrons. The van der Waals surface area contributed by atoms with Crippen LogP contribution in [0.1, 0.15) is 42.5 Å². The number of hydrogen-bond donors (Lipinski definition) is 1. The van der Waals surface area contributed by atoms with E-state index in [1.54, 1.807) is 0 Å². The van der Waals surface area contributed by atoms with Crippen LogP contribution in [0.2, 0.25) is 0 Å². The Hall–Kier alpha value is -1.39. The molecule has 4 heteroatoms. The number of esters is 1. The molecule has 1 aromatic carbocycles. The zero-order chi connectivity index (χ0) is 13.8. The van der Waals surface area contributed by atoms with Gasteiger partial charge in [-0.3, -0.25) is 4.79 Å². The summed E-state index contributed by atoms with van der Waals surface area (Å²) >= 11 is 0. The van der Waals surface area contributed by atoms with Crippen LogP contribution in [0, 0.1) is 5.92 Å². The first-order valence-electron chi connectivity index (χ1n) is 6.62. The average molecular weight is 263 g/mol. The lowest BCUT2D eigenvalue weighted by Crippen LogP contribution is -2.17. The van der Waals surface area contributed by atoms with Crippen LogP contribution in [-0.2, 0) is 27.5 Å². The third-order valence-electron chi connectivity index (χ3n) is 3.57. The normalized spacial score (nSPS) is 16.8. The molecule has 2 atom stereocenters. The van der Waals surface area contributed by atoms with Gasteiger partial charge in [0.15, 0.2) is 0 Å². The fraction of sp³-hybridized carbons (Fsp3) is 0.533.